The highest BCUT2D eigenvalue weighted by molar-refractivity contribution is 5.19. The number of hydrogen-bond donors (Lipinski definition) is 0. The van der Waals surface area contributed by atoms with Crippen LogP contribution in [0.4, 0.5) is 0 Å². The van der Waals surface area contributed by atoms with Crippen LogP contribution in [-0.2, 0) is 9.78 Å². The van der Waals surface area contributed by atoms with Gasteiger partial charge in [0.2, 0.25) is 0 Å². The fraction of sp³-hybridized carbons (Fsp3) is 0.750. The maximum atomic E-state index is 4.91. The molecule has 2 heteroatoms. The van der Waals surface area contributed by atoms with Crippen LogP contribution >= 0.6 is 0 Å². The molecule has 0 spiro atoms. The highest BCUT2D eigenvalue weighted by Gasteiger charge is 2.50. The minimum Gasteiger partial charge on any atom is -0.343 e. The summed E-state index contributed by atoms with van der Waals surface area (Å²) in [5.74, 6) is 3.58. The van der Waals surface area contributed by atoms with Gasteiger partial charge >= 0.3 is 0 Å². The topological polar surface area (TPSA) is 18.5 Å². The van der Waals surface area contributed by atoms with Gasteiger partial charge in [0.25, 0.3) is 0 Å². The predicted molar refractivity (Wildman–Crippen MR) is 36.9 cm³/mol. The molecule has 2 nitrogen and oxygen atoms in total. The van der Waals surface area contributed by atoms with Gasteiger partial charge in [-0.25, -0.2) is 0 Å². The van der Waals surface area contributed by atoms with E-state index in [-0.39, 0.29) is 0 Å². The summed E-state index contributed by atoms with van der Waals surface area (Å²) in [6.07, 6.45) is 3.28. The third-order valence-corrected chi connectivity index (χ3v) is 2.64. The Morgan fingerprint density at radius 1 is 1.60 bits per heavy atom. The second kappa shape index (κ2) is 1.99. The first-order chi connectivity index (χ1) is 4.83. The maximum Gasteiger partial charge on any atom is 0.139 e. The Labute approximate surface area is 60.7 Å². The lowest BCUT2D eigenvalue weighted by Gasteiger charge is -2.02. The summed E-state index contributed by atoms with van der Waals surface area (Å²) in [6.45, 7) is 2.29. The van der Waals surface area contributed by atoms with E-state index in [1.54, 1.807) is 7.11 Å². The van der Waals surface area contributed by atoms with Crippen LogP contribution in [0.15, 0.2) is 11.8 Å². The van der Waals surface area contributed by atoms with Crippen molar-refractivity contribution in [2.75, 3.05) is 7.11 Å². The van der Waals surface area contributed by atoms with Gasteiger partial charge in [-0.15, -0.1) is 0 Å². The molecular weight excluding hydrogens is 128 g/mol. The zero-order chi connectivity index (χ0) is 7.14. The molecule has 0 amide bonds. The molecule has 10 heavy (non-hydrogen) atoms. The van der Waals surface area contributed by atoms with Crippen LogP contribution in [0.25, 0.3) is 0 Å². The van der Waals surface area contributed by atoms with Crippen LogP contribution in [0.3, 0.4) is 0 Å². The van der Waals surface area contributed by atoms with Crippen molar-refractivity contribution in [3.63, 3.8) is 0 Å². The minimum absolute atomic E-state index is 0.796. The summed E-state index contributed by atoms with van der Waals surface area (Å²) >= 11 is 0. The Morgan fingerprint density at radius 3 is 2.90 bits per heavy atom. The van der Waals surface area contributed by atoms with Gasteiger partial charge in [-0.1, -0.05) is 6.92 Å². The minimum atomic E-state index is 0.796. The molecule has 0 saturated heterocycles. The molecule has 3 unspecified atom stereocenters. The molecule has 0 heterocycles. The van der Waals surface area contributed by atoms with Gasteiger partial charge in [-0.3, -0.25) is 0 Å². The van der Waals surface area contributed by atoms with Gasteiger partial charge in [0.1, 0.15) is 5.76 Å². The van der Waals surface area contributed by atoms with Crippen molar-refractivity contribution in [1.82, 2.24) is 0 Å². The molecule has 2 aliphatic carbocycles. The third kappa shape index (κ3) is 0.754. The average molecular weight is 140 g/mol. The average Bonchev–Trinajstić information content (AvgIpc) is 2.44. The van der Waals surface area contributed by atoms with Crippen molar-refractivity contribution in [3.8, 4) is 0 Å². The Balaban J connectivity index is 1.93. The summed E-state index contributed by atoms with van der Waals surface area (Å²) in [5.41, 5.74) is 0. The lowest BCUT2D eigenvalue weighted by atomic mass is 10.2. The highest BCUT2D eigenvalue weighted by Crippen LogP contribution is 2.55. The number of allylic oxidation sites excluding steroid dienone is 2. The molecule has 2 rings (SSSR count). The molecule has 3 atom stereocenters. The fourth-order valence-corrected chi connectivity index (χ4v) is 1.86. The SMILES string of the molecule is COOC1=CC2C(C)C2C1. The summed E-state index contributed by atoms with van der Waals surface area (Å²) in [6, 6.07) is 0. The highest BCUT2D eigenvalue weighted by atomic mass is 17.2. The second-order valence-electron chi connectivity index (χ2n) is 3.19. The maximum absolute atomic E-state index is 4.91. The van der Waals surface area contributed by atoms with E-state index in [0.717, 1.165) is 29.9 Å². The van der Waals surface area contributed by atoms with Crippen LogP contribution in [0.1, 0.15) is 13.3 Å². The Kier molecular flexibility index (Phi) is 1.24. The second-order valence-corrected chi connectivity index (χ2v) is 3.19. The molecule has 0 bridgehead atoms. The summed E-state index contributed by atoms with van der Waals surface area (Å²) < 4.78 is 0. The zero-order valence-electron chi connectivity index (χ0n) is 6.33. The van der Waals surface area contributed by atoms with Crippen molar-refractivity contribution in [3.05, 3.63) is 11.8 Å². The monoisotopic (exact) mass is 140 g/mol. The van der Waals surface area contributed by atoms with Crippen molar-refractivity contribution < 1.29 is 9.78 Å². The normalized spacial score (nSPS) is 42.6. The van der Waals surface area contributed by atoms with Gasteiger partial charge < -0.3 is 4.89 Å². The van der Waals surface area contributed by atoms with Crippen molar-refractivity contribution in [2.45, 2.75) is 13.3 Å². The standard InChI is InChI=1S/C8H12O2/c1-5-7-3-6(10-9-2)4-8(5)7/h3,5,7-8H,4H2,1-2H3. The van der Waals surface area contributed by atoms with E-state index in [4.69, 9.17) is 4.89 Å². The molecule has 2 aliphatic rings. The first kappa shape index (κ1) is 6.23. The smallest absolute Gasteiger partial charge is 0.139 e. The van der Waals surface area contributed by atoms with E-state index in [9.17, 15) is 0 Å². The van der Waals surface area contributed by atoms with E-state index < -0.39 is 0 Å². The van der Waals surface area contributed by atoms with Crippen molar-refractivity contribution in [1.29, 1.82) is 0 Å². The molecule has 0 aromatic carbocycles. The van der Waals surface area contributed by atoms with Gasteiger partial charge in [-0.05, 0) is 23.8 Å². The number of fused-ring (bicyclic) bond motifs is 1. The van der Waals surface area contributed by atoms with Crippen LogP contribution in [-0.4, -0.2) is 7.11 Å². The number of hydrogen-bond acceptors (Lipinski definition) is 2. The van der Waals surface area contributed by atoms with Crippen LogP contribution < -0.4 is 0 Å². The summed E-state index contributed by atoms with van der Waals surface area (Å²) in [4.78, 5) is 9.47. The van der Waals surface area contributed by atoms with E-state index in [1.165, 1.54) is 0 Å². The van der Waals surface area contributed by atoms with E-state index in [0.29, 0.717) is 0 Å². The molecule has 56 valence electrons. The molecule has 0 aromatic rings. The van der Waals surface area contributed by atoms with Crippen molar-refractivity contribution in [2.24, 2.45) is 17.8 Å². The summed E-state index contributed by atoms with van der Waals surface area (Å²) in [7, 11) is 1.55. The molecule has 0 aromatic heterocycles. The van der Waals surface area contributed by atoms with Gasteiger partial charge in [0.15, 0.2) is 0 Å². The van der Waals surface area contributed by atoms with E-state index >= 15 is 0 Å². The van der Waals surface area contributed by atoms with Gasteiger partial charge in [-0.2, -0.15) is 4.89 Å². The van der Waals surface area contributed by atoms with E-state index in [1.807, 2.05) is 0 Å². The predicted octanol–water partition coefficient (Wildman–Crippen LogP) is 1.73. The lowest BCUT2D eigenvalue weighted by molar-refractivity contribution is -0.239. The van der Waals surface area contributed by atoms with Gasteiger partial charge in [0, 0.05) is 6.42 Å². The molecule has 1 fully saturated rings. The number of rotatable bonds is 2. The van der Waals surface area contributed by atoms with Gasteiger partial charge in [0.05, 0.1) is 7.11 Å². The Morgan fingerprint density at radius 2 is 2.40 bits per heavy atom. The zero-order valence-corrected chi connectivity index (χ0v) is 6.33. The molecule has 0 N–H and O–H groups in total. The third-order valence-electron chi connectivity index (χ3n) is 2.64. The molecule has 1 saturated carbocycles. The van der Waals surface area contributed by atoms with Crippen LogP contribution in [0.2, 0.25) is 0 Å². The summed E-state index contributed by atoms with van der Waals surface area (Å²) in [5, 5.41) is 0. The van der Waals surface area contributed by atoms with Crippen LogP contribution in [0.5, 0.6) is 0 Å². The molecular formula is C8H12O2. The largest absolute Gasteiger partial charge is 0.343 e. The first-order valence-electron chi connectivity index (χ1n) is 3.74. The molecule has 0 radical (unpaired) electrons. The first-order valence-corrected chi connectivity index (χ1v) is 3.74. The quantitative estimate of drug-likeness (QED) is 0.429. The fourth-order valence-electron chi connectivity index (χ4n) is 1.86. The molecule has 0 aliphatic heterocycles. The van der Waals surface area contributed by atoms with Crippen LogP contribution in [0, 0.1) is 17.8 Å². The lowest BCUT2D eigenvalue weighted by Crippen LogP contribution is -1.91. The Bertz CT molecular complexity index is 174. The van der Waals surface area contributed by atoms with E-state index in [2.05, 4.69) is 17.9 Å². The Hall–Kier alpha value is -0.500. The van der Waals surface area contributed by atoms with Crippen molar-refractivity contribution >= 4 is 0 Å².